The molecule has 0 bridgehead atoms. The third-order valence-corrected chi connectivity index (χ3v) is 4.22. The zero-order valence-corrected chi connectivity index (χ0v) is 19.7. The molecule has 2 rings (SSSR count). The van der Waals surface area contributed by atoms with Crippen molar-refractivity contribution in [3.05, 3.63) is 35.9 Å². The van der Waals surface area contributed by atoms with Gasteiger partial charge in [0.2, 0.25) is 17.7 Å². The third kappa shape index (κ3) is 16.3. The number of hydrogen-bond acceptors (Lipinski definition) is 7. The van der Waals surface area contributed by atoms with E-state index in [1.54, 1.807) is 4.90 Å². The molecule has 0 aromatic heterocycles. The molecule has 0 spiro atoms. The van der Waals surface area contributed by atoms with Crippen molar-refractivity contribution in [2.24, 2.45) is 5.73 Å². The molecule has 1 aromatic rings. The fraction of sp³-hybridized carbons (Fsp3) is 0.500. The quantitative estimate of drug-likeness (QED) is 0.329. The SMILES string of the molecule is CC(=O)NCC(=O)N1CC[C@H](N)[C@H](c2ccccc2)C1.CC(=O)NCC(=O)O.CS(=O)(=O)O. The predicted molar refractivity (Wildman–Crippen MR) is 121 cm³/mol. The number of likely N-dealkylation sites (tertiary alicyclic amines) is 1. The molecule has 2 atom stereocenters. The summed E-state index contributed by atoms with van der Waals surface area (Å²) in [4.78, 5) is 44.4. The summed E-state index contributed by atoms with van der Waals surface area (Å²) >= 11 is 0. The molecular weight excluding hydrogens is 456 g/mol. The van der Waals surface area contributed by atoms with Crippen molar-refractivity contribution in [3.63, 3.8) is 0 Å². The molecule has 186 valence electrons. The second-order valence-corrected chi connectivity index (χ2v) is 8.72. The molecular formula is C20H32N4O8S. The normalized spacial score (nSPS) is 17.3. The average molecular weight is 489 g/mol. The maximum Gasteiger partial charge on any atom is 0.322 e. The molecule has 0 radical (unpaired) electrons. The van der Waals surface area contributed by atoms with Crippen molar-refractivity contribution in [2.45, 2.75) is 32.2 Å². The molecule has 0 unspecified atom stereocenters. The average Bonchev–Trinajstić information content (AvgIpc) is 2.70. The molecule has 1 aliphatic rings. The van der Waals surface area contributed by atoms with Crippen LogP contribution in [-0.4, -0.2) is 85.1 Å². The van der Waals surface area contributed by atoms with Crippen molar-refractivity contribution in [1.82, 2.24) is 15.5 Å². The fourth-order valence-corrected chi connectivity index (χ4v) is 2.76. The van der Waals surface area contributed by atoms with Crippen molar-refractivity contribution in [2.75, 3.05) is 32.4 Å². The number of carbonyl (C=O) groups excluding carboxylic acids is 3. The van der Waals surface area contributed by atoms with Gasteiger partial charge in [-0.1, -0.05) is 30.3 Å². The fourth-order valence-electron chi connectivity index (χ4n) is 2.76. The molecule has 6 N–H and O–H groups in total. The number of rotatable bonds is 5. The standard InChI is InChI=1S/C15H21N3O2.C4H7NO3.CH4O3S/c1-11(19)17-9-15(20)18-8-7-14(16)13(10-18)12-5-3-2-4-6-12;1-3(6)5-2-4(7)8;1-5(2,3)4/h2-6,13-14H,7-10,16H2,1H3,(H,17,19);2H2,1H3,(H,5,6)(H,7,8);1H3,(H,2,3,4)/t13-,14-;;/m0../s1. The summed E-state index contributed by atoms with van der Waals surface area (Å²) < 4.78 is 25.9. The topological polar surface area (TPSA) is 196 Å². The highest BCUT2D eigenvalue weighted by molar-refractivity contribution is 7.85. The number of hydrogen-bond donors (Lipinski definition) is 5. The van der Waals surface area contributed by atoms with E-state index in [4.69, 9.17) is 15.4 Å². The van der Waals surface area contributed by atoms with Crippen LogP contribution in [0.25, 0.3) is 0 Å². The number of aliphatic carboxylic acids is 1. The minimum absolute atomic E-state index is 0.0481. The smallest absolute Gasteiger partial charge is 0.322 e. The maximum absolute atomic E-state index is 12.1. The number of carboxylic acid groups (broad SMARTS) is 1. The van der Waals surface area contributed by atoms with E-state index in [1.807, 2.05) is 30.3 Å². The van der Waals surface area contributed by atoms with Gasteiger partial charge in [0.05, 0.1) is 12.8 Å². The van der Waals surface area contributed by atoms with E-state index in [0.717, 1.165) is 12.0 Å². The molecule has 1 aromatic carbocycles. The number of nitrogens with one attached hydrogen (secondary N) is 2. The number of carboxylic acids is 1. The van der Waals surface area contributed by atoms with Gasteiger partial charge in [-0.05, 0) is 12.0 Å². The second kappa shape index (κ2) is 14.9. The second-order valence-electron chi connectivity index (χ2n) is 7.26. The molecule has 0 aliphatic carbocycles. The lowest BCUT2D eigenvalue weighted by Gasteiger charge is -2.37. The summed E-state index contributed by atoms with van der Waals surface area (Å²) in [5, 5.41) is 12.6. The lowest BCUT2D eigenvalue weighted by molar-refractivity contribution is -0.137. The van der Waals surface area contributed by atoms with Crippen LogP contribution >= 0.6 is 0 Å². The minimum atomic E-state index is -3.67. The molecule has 1 fully saturated rings. The maximum atomic E-state index is 12.1. The van der Waals surface area contributed by atoms with Crippen LogP contribution in [0, 0.1) is 0 Å². The molecule has 1 aliphatic heterocycles. The molecule has 13 heteroatoms. The number of carbonyl (C=O) groups is 4. The summed E-state index contributed by atoms with van der Waals surface area (Å²) in [6, 6.07) is 10.1. The van der Waals surface area contributed by atoms with Crippen LogP contribution < -0.4 is 16.4 Å². The van der Waals surface area contributed by atoms with E-state index in [1.165, 1.54) is 13.8 Å². The Kier molecular flexibility index (Phi) is 13.6. The first-order chi connectivity index (χ1) is 15.2. The summed E-state index contributed by atoms with van der Waals surface area (Å²) in [6.45, 7) is 3.71. The highest BCUT2D eigenvalue weighted by atomic mass is 32.2. The van der Waals surface area contributed by atoms with Crippen LogP contribution in [0.15, 0.2) is 30.3 Å². The first-order valence-corrected chi connectivity index (χ1v) is 11.8. The Morgan fingerprint density at radius 1 is 1.06 bits per heavy atom. The Morgan fingerprint density at radius 2 is 1.55 bits per heavy atom. The van der Waals surface area contributed by atoms with Gasteiger partial charge in [-0.3, -0.25) is 23.7 Å². The largest absolute Gasteiger partial charge is 0.480 e. The van der Waals surface area contributed by atoms with Crippen LogP contribution in [0.2, 0.25) is 0 Å². The Hall–Kier alpha value is -3.03. The van der Waals surface area contributed by atoms with Crippen molar-refractivity contribution < 1.29 is 37.3 Å². The molecule has 1 saturated heterocycles. The van der Waals surface area contributed by atoms with Gasteiger partial charge in [0, 0.05) is 38.9 Å². The van der Waals surface area contributed by atoms with E-state index in [2.05, 4.69) is 10.6 Å². The van der Waals surface area contributed by atoms with E-state index in [-0.39, 0.29) is 42.8 Å². The number of benzene rings is 1. The first-order valence-electron chi connectivity index (χ1n) is 9.92. The van der Waals surface area contributed by atoms with Gasteiger partial charge in [0.25, 0.3) is 10.1 Å². The van der Waals surface area contributed by atoms with Crippen LogP contribution in [0.3, 0.4) is 0 Å². The summed E-state index contributed by atoms with van der Waals surface area (Å²) in [7, 11) is -3.67. The molecule has 1 heterocycles. The van der Waals surface area contributed by atoms with Gasteiger partial charge >= 0.3 is 5.97 Å². The van der Waals surface area contributed by atoms with E-state index in [0.29, 0.717) is 19.3 Å². The highest BCUT2D eigenvalue weighted by Gasteiger charge is 2.30. The number of nitrogens with two attached hydrogens (primary N) is 1. The predicted octanol–water partition coefficient (Wildman–Crippen LogP) is -0.823. The Labute approximate surface area is 193 Å². The Bertz CT molecular complexity index is 871. The van der Waals surface area contributed by atoms with Gasteiger partial charge in [0.15, 0.2) is 0 Å². The van der Waals surface area contributed by atoms with Crippen LogP contribution in [0.1, 0.15) is 31.7 Å². The molecule has 33 heavy (non-hydrogen) atoms. The van der Waals surface area contributed by atoms with Crippen molar-refractivity contribution in [1.29, 1.82) is 0 Å². The van der Waals surface area contributed by atoms with Gasteiger partial charge in [0.1, 0.15) is 6.54 Å². The van der Waals surface area contributed by atoms with Crippen LogP contribution in [-0.2, 0) is 29.3 Å². The van der Waals surface area contributed by atoms with E-state index >= 15 is 0 Å². The van der Waals surface area contributed by atoms with Gasteiger partial charge in [-0.15, -0.1) is 0 Å². The molecule has 12 nitrogen and oxygen atoms in total. The molecule has 3 amide bonds. The summed E-state index contributed by atoms with van der Waals surface area (Å²) in [5.41, 5.74) is 7.35. The van der Waals surface area contributed by atoms with E-state index in [9.17, 15) is 27.6 Å². The number of nitrogens with zero attached hydrogens (tertiary/aromatic N) is 1. The Balaban J connectivity index is 0.000000652. The monoisotopic (exact) mass is 488 g/mol. The number of piperidine rings is 1. The third-order valence-electron chi connectivity index (χ3n) is 4.22. The lowest BCUT2D eigenvalue weighted by atomic mass is 9.86. The summed E-state index contributed by atoms with van der Waals surface area (Å²) in [5.74, 6) is -1.43. The van der Waals surface area contributed by atoms with Gasteiger partial charge in [-0.25, -0.2) is 0 Å². The van der Waals surface area contributed by atoms with Crippen LogP contribution in [0.5, 0.6) is 0 Å². The van der Waals surface area contributed by atoms with Crippen molar-refractivity contribution in [3.8, 4) is 0 Å². The van der Waals surface area contributed by atoms with Crippen LogP contribution in [0.4, 0.5) is 0 Å². The highest BCUT2D eigenvalue weighted by Crippen LogP contribution is 2.25. The van der Waals surface area contributed by atoms with Gasteiger partial charge in [-0.2, -0.15) is 8.42 Å². The van der Waals surface area contributed by atoms with Gasteiger partial charge < -0.3 is 26.4 Å². The first kappa shape index (κ1) is 30.0. The molecule has 0 saturated carbocycles. The zero-order valence-electron chi connectivity index (χ0n) is 18.9. The van der Waals surface area contributed by atoms with Crippen molar-refractivity contribution >= 4 is 33.8 Å². The number of amides is 3. The van der Waals surface area contributed by atoms with E-state index < -0.39 is 16.1 Å². The minimum Gasteiger partial charge on any atom is -0.480 e. The Morgan fingerprint density at radius 3 is 1.97 bits per heavy atom. The lowest BCUT2D eigenvalue weighted by Crippen LogP contribution is -2.50. The zero-order chi connectivity index (χ0) is 25.6. The summed E-state index contributed by atoms with van der Waals surface area (Å²) in [6.07, 6.45) is 1.50.